The molecule has 0 aromatic carbocycles. The molecule has 0 aliphatic heterocycles. The first-order valence-corrected chi connectivity index (χ1v) is 4.75. The summed E-state index contributed by atoms with van der Waals surface area (Å²) in [6.07, 6.45) is 4.62. The normalized spacial score (nSPS) is 10.2. The van der Waals surface area contributed by atoms with Crippen molar-refractivity contribution >= 4 is 11.9 Å². The van der Waals surface area contributed by atoms with E-state index in [2.05, 4.69) is 29.1 Å². The number of aromatic nitrogens is 2. The first-order chi connectivity index (χ1) is 6.68. The molecule has 1 aromatic heterocycles. The van der Waals surface area contributed by atoms with Crippen LogP contribution in [0.25, 0.3) is 0 Å². The van der Waals surface area contributed by atoms with Crippen molar-refractivity contribution in [1.29, 1.82) is 0 Å². The zero-order valence-corrected chi connectivity index (χ0v) is 8.53. The molecular weight excluding hydrogens is 178 g/mol. The lowest BCUT2D eigenvalue weighted by molar-refractivity contribution is -0.116. The minimum Gasteiger partial charge on any atom is -0.295 e. The van der Waals surface area contributed by atoms with Crippen LogP contribution in [0.2, 0.25) is 0 Å². The Morgan fingerprint density at radius 2 is 2.07 bits per heavy atom. The molecule has 1 N–H and O–H groups in total. The largest absolute Gasteiger partial charge is 0.295 e. The van der Waals surface area contributed by atoms with Gasteiger partial charge in [-0.2, -0.15) is 0 Å². The number of carbonyl (C=O) groups is 1. The molecule has 1 heterocycles. The van der Waals surface area contributed by atoms with E-state index in [4.69, 9.17) is 0 Å². The first-order valence-electron chi connectivity index (χ1n) is 4.75. The van der Waals surface area contributed by atoms with E-state index < -0.39 is 0 Å². The molecule has 0 bridgehead atoms. The van der Waals surface area contributed by atoms with E-state index in [0.717, 1.165) is 6.42 Å². The fourth-order valence-electron chi connectivity index (χ4n) is 0.971. The van der Waals surface area contributed by atoms with Gasteiger partial charge >= 0.3 is 0 Å². The molecular formula is C10H15N3O. The average Bonchev–Trinajstić information content (AvgIpc) is 2.16. The quantitative estimate of drug-likeness (QED) is 0.794. The molecule has 4 heteroatoms. The third kappa shape index (κ3) is 3.98. The van der Waals surface area contributed by atoms with E-state index in [1.54, 1.807) is 18.5 Å². The molecule has 0 aliphatic rings. The van der Waals surface area contributed by atoms with E-state index in [-0.39, 0.29) is 5.91 Å². The number of nitrogens with one attached hydrogen (secondary N) is 1. The topological polar surface area (TPSA) is 54.9 Å². The monoisotopic (exact) mass is 193 g/mol. The number of carbonyl (C=O) groups excluding carboxylic acids is 1. The molecule has 0 radical (unpaired) electrons. The Morgan fingerprint density at radius 3 is 2.64 bits per heavy atom. The van der Waals surface area contributed by atoms with Crippen LogP contribution >= 0.6 is 0 Å². The molecule has 1 amide bonds. The number of rotatable bonds is 4. The van der Waals surface area contributed by atoms with Crippen molar-refractivity contribution in [2.24, 2.45) is 5.92 Å². The number of hydrogen-bond donors (Lipinski definition) is 1. The second-order valence-corrected chi connectivity index (χ2v) is 3.55. The van der Waals surface area contributed by atoms with Crippen LogP contribution in [0.4, 0.5) is 5.95 Å². The van der Waals surface area contributed by atoms with Gasteiger partial charge in [-0.3, -0.25) is 10.1 Å². The van der Waals surface area contributed by atoms with Crippen molar-refractivity contribution in [1.82, 2.24) is 9.97 Å². The van der Waals surface area contributed by atoms with Crippen molar-refractivity contribution in [3.63, 3.8) is 0 Å². The minimum absolute atomic E-state index is 0.0232. The van der Waals surface area contributed by atoms with E-state index >= 15 is 0 Å². The fraction of sp³-hybridized carbons (Fsp3) is 0.500. The molecule has 14 heavy (non-hydrogen) atoms. The Morgan fingerprint density at radius 1 is 1.43 bits per heavy atom. The minimum atomic E-state index is -0.0232. The predicted molar refractivity (Wildman–Crippen MR) is 54.7 cm³/mol. The maximum absolute atomic E-state index is 11.3. The van der Waals surface area contributed by atoms with Gasteiger partial charge in [-0.1, -0.05) is 13.8 Å². The highest BCUT2D eigenvalue weighted by Gasteiger charge is 2.04. The Bertz CT molecular complexity index is 285. The second-order valence-electron chi connectivity index (χ2n) is 3.55. The Hall–Kier alpha value is -1.45. The average molecular weight is 193 g/mol. The van der Waals surface area contributed by atoms with E-state index in [1.165, 1.54) is 0 Å². The van der Waals surface area contributed by atoms with Crippen LogP contribution in [0.3, 0.4) is 0 Å². The summed E-state index contributed by atoms with van der Waals surface area (Å²) in [5, 5.41) is 2.64. The summed E-state index contributed by atoms with van der Waals surface area (Å²) in [4.78, 5) is 19.1. The van der Waals surface area contributed by atoms with Crippen LogP contribution in [0.5, 0.6) is 0 Å². The SMILES string of the molecule is CC(C)CCC(=O)Nc1ncccn1. The number of hydrogen-bond acceptors (Lipinski definition) is 3. The summed E-state index contributed by atoms with van der Waals surface area (Å²) in [5.41, 5.74) is 0. The molecule has 1 aromatic rings. The van der Waals surface area contributed by atoms with Gasteiger partial charge in [0.15, 0.2) is 0 Å². The third-order valence-electron chi connectivity index (χ3n) is 1.77. The first kappa shape index (κ1) is 10.6. The molecule has 76 valence electrons. The summed E-state index contributed by atoms with van der Waals surface area (Å²) < 4.78 is 0. The number of anilines is 1. The van der Waals surface area contributed by atoms with Gasteiger partial charge in [0.2, 0.25) is 11.9 Å². The van der Waals surface area contributed by atoms with Gasteiger partial charge < -0.3 is 0 Å². The van der Waals surface area contributed by atoms with Gasteiger partial charge in [-0.15, -0.1) is 0 Å². The predicted octanol–water partition coefficient (Wildman–Crippen LogP) is 1.85. The zero-order valence-electron chi connectivity index (χ0n) is 8.53. The molecule has 0 saturated carbocycles. The van der Waals surface area contributed by atoms with Gasteiger partial charge in [-0.25, -0.2) is 9.97 Å². The molecule has 0 aliphatic carbocycles. The van der Waals surface area contributed by atoms with Crippen molar-refractivity contribution in [2.45, 2.75) is 26.7 Å². The highest BCUT2D eigenvalue weighted by atomic mass is 16.1. The van der Waals surface area contributed by atoms with Crippen molar-refractivity contribution < 1.29 is 4.79 Å². The van der Waals surface area contributed by atoms with E-state index in [0.29, 0.717) is 18.3 Å². The maximum atomic E-state index is 11.3. The summed E-state index contributed by atoms with van der Waals surface area (Å²) >= 11 is 0. The van der Waals surface area contributed by atoms with Gasteiger partial charge in [0.1, 0.15) is 0 Å². The van der Waals surface area contributed by atoms with Gasteiger partial charge in [0.05, 0.1) is 0 Å². The van der Waals surface area contributed by atoms with Crippen LogP contribution in [0, 0.1) is 5.92 Å². The summed E-state index contributed by atoms with van der Waals surface area (Å²) in [7, 11) is 0. The lowest BCUT2D eigenvalue weighted by atomic mass is 10.1. The molecule has 0 fully saturated rings. The van der Waals surface area contributed by atoms with E-state index in [9.17, 15) is 4.79 Å². The molecule has 0 spiro atoms. The van der Waals surface area contributed by atoms with Crippen LogP contribution < -0.4 is 5.32 Å². The molecule has 0 unspecified atom stereocenters. The van der Waals surface area contributed by atoms with Crippen LogP contribution in [-0.4, -0.2) is 15.9 Å². The Kier molecular flexibility index (Phi) is 4.04. The molecule has 0 saturated heterocycles. The highest BCUT2D eigenvalue weighted by molar-refractivity contribution is 5.88. The van der Waals surface area contributed by atoms with Gasteiger partial charge in [0.25, 0.3) is 0 Å². The number of nitrogens with zero attached hydrogens (tertiary/aromatic N) is 2. The van der Waals surface area contributed by atoms with Gasteiger partial charge in [-0.05, 0) is 18.4 Å². The standard InChI is InChI=1S/C10H15N3O/c1-8(2)4-5-9(14)13-10-11-6-3-7-12-10/h3,6-8H,4-5H2,1-2H3,(H,11,12,13,14). The Balaban J connectivity index is 2.35. The number of amides is 1. The maximum Gasteiger partial charge on any atom is 0.229 e. The third-order valence-corrected chi connectivity index (χ3v) is 1.77. The zero-order chi connectivity index (χ0) is 10.4. The smallest absolute Gasteiger partial charge is 0.229 e. The summed E-state index contributed by atoms with van der Waals surface area (Å²) in [5.74, 6) is 0.892. The fourth-order valence-corrected chi connectivity index (χ4v) is 0.971. The highest BCUT2D eigenvalue weighted by Crippen LogP contribution is 2.04. The Labute approximate surface area is 83.8 Å². The molecule has 1 rings (SSSR count). The lowest BCUT2D eigenvalue weighted by Gasteiger charge is -2.04. The van der Waals surface area contributed by atoms with Crippen molar-refractivity contribution in [2.75, 3.05) is 5.32 Å². The van der Waals surface area contributed by atoms with Crippen molar-refractivity contribution in [3.8, 4) is 0 Å². The molecule has 4 nitrogen and oxygen atoms in total. The second kappa shape index (κ2) is 5.32. The lowest BCUT2D eigenvalue weighted by Crippen LogP contribution is -2.14. The van der Waals surface area contributed by atoms with Gasteiger partial charge in [0, 0.05) is 18.8 Å². The summed E-state index contributed by atoms with van der Waals surface area (Å²) in [6, 6.07) is 1.71. The van der Waals surface area contributed by atoms with Crippen LogP contribution in [-0.2, 0) is 4.79 Å². The molecule has 0 atom stereocenters. The van der Waals surface area contributed by atoms with E-state index in [1.807, 2.05) is 0 Å². The van der Waals surface area contributed by atoms with Crippen LogP contribution in [0.1, 0.15) is 26.7 Å². The summed E-state index contributed by atoms with van der Waals surface area (Å²) in [6.45, 7) is 4.18. The van der Waals surface area contributed by atoms with Crippen molar-refractivity contribution in [3.05, 3.63) is 18.5 Å². The van der Waals surface area contributed by atoms with Crippen LogP contribution in [0.15, 0.2) is 18.5 Å².